The van der Waals surface area contributed by atoms with Gasteiger partial charge in [0.2, 0.25) is 0 Å². The van der Waals surface area contributed by atoms with Crippen molar-refractivity contribution in [1.82, 2.24) is 5.32 Å². The van der Waals surface area contributed by atoms with Crippen LogP contribution in [0.4, 0.5) is 0 Å². The molecule has 0 saturated heterocycles. The Bertz CT molecular complexity index is 411. The molecule has 1 aromatic carbocycles. The number of benzene rings is 1. The number of rotatable bonds is 6. The summed E-state index contributed by atoms with van der Waals surface area (Å²) < 4.78 is 0. The van der Waals surface area contributed by atoms with Crippen LogP contribution in [0.15, 0.2) is 30.3 Å². The van der Waals surface area contributed by atoms with Gasteiger partial charge in [0.05, 0.1) is 6.07 Å². The molecule has 0 spiro atoms. The number of nitrogens with one attached hydrogen (secondary N) is 1. The van der Waals surface area contributed by atoms with Crippen molar-refractivity contribution in [3.8, 4) is 6.07 Å². The summed E-state index contributed by atoms with van der Waals surface area (Å²) in [5.41, 5.74) is -0.0695. The van der Waals surface area contributed by atoms with E-state index in [1.54, 1.807) is 6.92 Å². The van der Waals surface area contributed by atoms with E-state index in [0.29, 0.717) is 19.4 Å². The summed E-state index contributed by atoms with van der Waals surface area (Å²) in [5, 5.41) is 20.6. The number of hydrogen-bond donors (Lipinski definition) is 2. The molecule has 1 unspecified atom stereocenters. The first kappa shape index (κ1) is 13.2. The summed E-state index contributed by atoms with van der Waals surface area (Å²) in [5.74, 6) is -0.903. The fourth-order valence-electron chi connectivity index (χ4n) is 1.61. The lowest BCUT2D eigenvalue weighted by Crippen LogP contribution is -2.51. The van der Waals surface area contributed by atoms with Gasteiger partial charge in [0.1, 0.15) is 5.54 Å². The highest BCUT2D eigenvalue weighted by Gasteiger charge is 2.32. The molecule has 0 aliphatic carbocycles. The molecule has 0 fully saturated rings. The zero-order chi connectivity index (χ0) is 12.7. The van der Waals surface area contributed by atoms with Crippen molar-refractivity contribution in [3.05, 3.63) is 35.9 Å². The lowest BCUT2D eigenvalue weighted by Gasteiger charge is -2.26. The molecule has 4 nitrogen and oxygen atoms in total. The highest BCUT2D eigenvalue weighted by molar-refractivity contribution is 5.78. The van der Waals surface area contributed by atoms with Gasteiger partial charge in [-0.15, -0.1) is 0 Å². The number of carboxylic acids is 1. The van der Waals surface area contributed by atoms with Crippen LogP contribution in [0.3, 0.4) is 0 Å². The van der Waals surface area contributed by atoms with Crippen molar-refractivity contribution in [1.29, 1.82) is 5.26 Å². The molecule has 0 amide bonds. The van der Waals surface area contributed by atoms with Gasteiger partial charge in [-0.1, -0.05) is 30.3 Å². The van der Waals surface area contributed by atoms with Gasteiger partial charge in [-0.05, 0) is 12.5 Å². The van der Waals surface area contributed by atoms with Crippen LogP contribution < -0.4 is 5.32 Å². The molecule has 0 aliphatic heterocycles. The largest absolute Gasteiger partial charge is 0.480 e. The molecule has 0 radical (unpaired) electrons. The third kappa shape index (κ3) is 3.89. The van der Waals surface area contributed by atoms with E-state index in [9.17, 15) is 9.90 Å². The van der Waals surface area contributed by atoms with Gasteiger partial charge in [0.25, 0.3) is 0 Å². The van der Waals surface area contributed by atoms with Crippen LogP contribution in [0.5, 0.6) is 0 Å². The summed E-state index contributed by atoms with van der Waals surface area (Å²) in [6.45, 7) is 2.02. The van der Waals surface area contributed by atoms with E-state index in [2.05, 4.69) is 5.32 Å². The van der Waals surface area contributed by atoms with Crippen molar-refractivity contribution in [2.24, 2.45) is 0 Å². The number of hydrogen-bond acceptors (Lipinski definition) is 3. The maximum Gasteiger partial charge on any atom is 0.323 e. The van der Waals surface area contributed by atoms with E-state index >= 15 is 0 Å². The normalized spacial score (nSPS) is 13.6. The number of carboxylic acid groups (broad SMARTS) is 1. The molecule has 0 aromatic heterocycles. The molecule has 17 heavy (non-hydrogen) atoms. The molecular formula is C13H16N2O2. The van der Waals surface area contributed by atoms with Crippen LogP contribution in [0.2, 0.25) is 0 Å². The topological polar surface area (TPSA) is 73.1 Å². The second kappa shape index (κ2) is 6.02. The maximum absolute atomic E-state index is 11.3. The van der Waals surface area contributed by atoms with Crippen molar-refractivity contribution in [2.45, 2.75) is 25.3 Å². The van der Waals surface area contributed by atoms with Crippen LogP contribution in [-0.2, 0) is 11.2 Å². The number of nitrogens with zero attached hydrogens (tertiary/aromatic N) is 1. The van der Waals surface area contributed by atoms with Gasteiger partial charge in [-0.3, -0.25) is 4.79 Å². The zero-order valence-corrected chi connectivity index (χ0v) is 9.81. The lowest BCUT2D eigenvalue weighted by atomic mass is 9.93. The van der Waals surface area contributed by atoms with E-state index in [1.165, 1.54) is 0 Å². The Labute approximate surface area is 101 Å². The first-order valence-electron chi connectivity index (χ1n) is 5.48. The van der Waals surface area contributed by atoms with Crippen LogP contribution in [0.1, 0.15) is 18.9 Å². The fourth-order valence-corrected chi connectivity index (χ4v) is 1.61. The molecule has 0 saturated carbocycles. The number of aliphatic carboxylic acids is 1. The Morgan fingerprint density at radius 1 is 1.47 bits per heavy atom. The molecular weight excluding hydrogens is 216 g/mol. The molecule has 0 aliphatic rings. The van der Waals surface area contributed by atoms with Gasteiger partial charge in [-0.25, -0.2) is 0 Å². The molecule has 0 heterocycles. The van der Waals surface area contributed by atoms with E-state index in [4.69, 9.17) is 5.26 Å². The monoisotopic (exact) mass is 232 g/mol. The third-order valence-corrected chi connectivity index (χ3v) is 2.62. The van der Waals surface area contributed by atoms with E-state index in [1.807, 2.05) is 36.4 Å². The smallest absolute Gasteiger partial charge is 0.323 e. The minimum atomic E-state index is -1.03. The Morgan fingerprint density at radius 3 is 2.65 bits per heavy atom. The predicted octanol–water partition coefficient (Wildman–Crippen LogP) is 1.58. The van der Waals surface area contributed by atoms with Gasteiger partial charge < -0.3 is 10.4 Å². The molecule has 90 valence electrons. The maximum atomic E-state index is 11.3. The van der Waals surface area contributed by atoms with E-state index < -0.39 is 11.5 Å². The third-order valence-electron chi connectivity index (χ3n) is 2.62. The zero-order valence-electron chi connectivity index (χ0n) is 9.81. The second-order valence-corrected chi connectivity index (χ2v) is 4.13. The van der Waals surface area contributed by atoms with E-state index in [0.717, 1.165) is 5.56 Å². The molecule has 2 N–H and O–H groups in total. The highest BCUT2D eigenvalue weighted by Crippen LogP contribution is 2.13. The highest BCUT2D eigenvalue weighted by atomic mass is 16.4. The van der Waals surface area contributed by atoms with Gasteiger partial charge in [0, 0.05) is 19.4 Å². The SMILES string of the molecule is CC(Cc1ccccc1)(NCCC#N)C(=O)O. The fraction of sp³-hybridized carbons (Fsp3) is 0.385. The van der Waals surface area contributed by atoms with Crippen LogP contribution >= 0.6 is 0 Å². The number of nitriles is 1. The van der Waals surface area contributed by atoms with Crippen molar-refractivity contribution in [3.63, 3.8) is 0 Å². The van der Waals surface area contributed by atoms with Crippen LogP contribution in [0, 0.1) is 11.3 Å². The summed E-state index contributed by atoms with van der Waals surface area (Å²) in [6.07, 6.45) is 0.701. The van der Waals surface area contributed by atoms with E-state index in [-0.39, 0.29) is 0 Å². The molecule has 1 atom stereocenters. The predicted molar refractivity (Wildman–Crippen MR) is 64.4 cm³/mol. The van der Waals surface area contributed by atoms with Crippen molar-refractivity contribution >= 4 is 5.97 Å². The second-order valence-electron chi connectivity index (χ2n) is 4.13. The first-order valence-corrected chi connectivity index (χ1v) is 5.48. The molecule has 4 heteroatoms. The van der Waals surface area contributed by atoms with Crippen molar-refractivity contribution < 1.29 is 9.90 Å². The summed E-state index contributed by atoms with van der Waals surface area (Å²) >= 11 is 0. The summed E-state index contributed by atoms with van der Waals surface area (Å²) in [6, 6.07) is 11.4. The standard InChI is InChI=1S/C13H16N2O2/c1-13(12(16)17,15-9-5-8-14)10-11-6-3-2-4-7-11/h2-4,6-7,15H,5,9-10H2,1H3,(H,16,17). The molecule has 1 rings (SSSR count). The van der Waals surface area contributed by atoms with Crippen molar-refractivity contribution in [2.75, 3.05) is 6.54 Å². The Balaban J connectivity index is 2.72. The Morgan fingerprint density at radius 2 is 2.12 bits per heavy atom. The van der Waals surface area contributed by atoms with Gasteiger partial charge in [-0.2, -0.15) is 5.26 Å². The summed E-state index contributed by atoms with van der Waals surface area (Å²) in [7, 11) is 0. The quantitative estimate of drug-likeness (QED) is 0.730. The molecule has 0 bridgehead atoms. The first-order chi connectivity index (χ1) is 8.08. The summed E-state index contributed by atoms with van der Waals surface area (Å²) in [4.78, 5) is 11.3. The average molecular weight is 232 g/mol. The van der Waals surface area contributed by atoms with Gasteiger partial charge in [0.15, 0.2) is 0 Å². The molecule has 1 aromatic rings. The van der Waals surface area contributed by atoms with Crippen LogP contribution in [-0.4, -0.2) is 23.2 Å². The minimum Gasteiger partial charge on any atom is -0.480 e. The van der Waals surface area contributed by atoms with Crippen LogP contribution in [0.25, 0.3) is 0 Å². The average Bonchev–Trinajstić information content (AvgIpc) is 2.30. The Kier molecular flexibility index (Phi) is 4.68. The Hall–Kier alpha value is -1.86. The number of carbonyl (C=O) groups is 1. The van der Waals surface area contributed by atoms with Gasteiger partial charge >= 0.3 is 5.97 Å². The lowest BCUT2D eigenvalue weighted by molar-refractivity contribution is -0.144. The minimum absolute atomic E-state index is 0.303.